The van der Waals surface area contributed by atoms with Crippen molar-refractivity contribution >= 4 is 11.5 Å². The second-order valence-corrected chi connectivity index (χ2v) is 5.99. The smallest absolute Gasteiger partial charge is 0.244 e. The van der Waals surface area contributed by atoms with Crippen molar-refractivity contribution in [2.24, 2.45) is 5.92 Å². The number of nitrogens with one attached hydrogen (secondary N) is 1. The Kier molecular flexibility index (Phi) is 5.43. The number of allylic oxidation sites excluding steroid dienone is 1. The van der Waals surface area contributed by atoms with Crippen LogP contribution in [0, 0.1) is 5.92 Å². The predicted molar refractivity (Wildman–Crippen MR) is 86.2 cm³/mol. The highest BCUT2D eigenvalue weighted by Gasteiger charge is 2.19. The van der Waals surface area contributed by atoms with Gasteiger partial charge in [0.15, 0.2) is 0 Å². The van der Waals surface area contributed by atoms with Crippen molar-refractivity contribution < 1.29 is 9.53 Å². The number of carbonyl (C=O) groups is 1. The Morgan fingerprint density at radius 3 is 2.57 bits per heavy atom. The fraction of sp³-hybridized carbons (Fsp3) is 0.500. The van der Waals surface area contributed by atoms with E-state index in [1.807, 2.05) is 31.2 Å². The summed E-state index contributed by atoms with van der Waals surface area (Å²) in [5, 5.41) is 3.12. The number of benzene rings is 1. The van der Waals surface area contributed by atoms with E-state index in [-0.39, 0.29) is 5.91 Å². The SMILES string of the molecule is COc1ccccc1C(C)=CC(=O)NC1CCC(C)CC1. The van der Waals surface area contributed by atoms with Gasteiger partial charge in [0.1, 0.15) is 5.75 Å². The molecule has 3 heteroatoms. The molecule has 0 radical (unpaired) electrons. The lowest BCUT2D eigenvalue weighted by molar-refractivity contribution is -0.117. The van der Waals surface area contributed by atoms with E-state index in [2.05, 4.69) is 12.2 Å². The molecule has 3 nitrogen and oxygen atoms in total. The molecule has 0 unspecified atom stereocenters. The summed E-state index contributed by atoms with van der Waals surface area (Å²) in [5.74, 6) is 1.59. The van der Waals surface area contributed by atoms with Gasteiger partial charge in [-0.15, -0.1) is 0 Å². The number of rotatable bonds is 4. The van der Waals surface area contributed by atoms with E-state index in [0.29, 0.717) is 6.04 Å². The van der Waals surface area contributed by atoms with Gasteiger partial charge in [0, 0.05) is 17.7 Å². The van der Waals surface area contributed by atoms with E-state index in [1.165, 1.54) is 12.8 Å². The summed E-state index contributed by atoms with van der Waals surface area (Å²) in [5.41, 5.74) is 1.89. The highest BCUT2D eigenvalue weighted by Crippen LogP contribution is 2.26. The second kappa shape index (κ2) is 7.30. The van der Waals surface area contributed by atoms with Crippen LogP contribution in [0.15, 0.2) is 30.3 Å². The molecular formula is C18H25NO2. The van der Waals surface area contributed by atoms with E-state index >= 15 is 0 Å². The Hall–Kier alpha value is -1.77. The normalized spacial score (nSPS) is 22.7. The van der Waals surface area contributed by atoms with Gasteiger partial charge in [-0.05, 0) is 50.2 Å². The van der Waals surface area contributed by atoms with Crippen LogP contribution in [0.5, 0.6) is 5.75 Å². The third-order valence-electron chi connectivity index (χ3n) is 4.24. The number of hydrogen-bond donors (Lipinski definition) is 1. The van der Waals surface area contributed by atoms with E-state index < -0.39 is 0 Å². The maximum atomic E-state index is 12.1. The minimum atomic E-state index is -0.00189. The fourth-order valence-corrected chi connectivity index (χ4v) is 2.89. The van der Waals surface area contributed by atoms with Crippen molar-refractivity contribution in [2.45, 2.75) is 45.6 Å². The Labute approximate surface area is 127 Å². The monoisotopic (exact) mass is 287 g/mol. The highest BCUT2D eigenvalue weighted by atomic mass is 16.5. The molecule has 1 aliphatic carbocycles. The second-order valence-electron chi connectivity index (χ2n) is 5.99. The van der Waals surface area contributed by atoms with Gasteiger partial charge in [0.2, 0.25) is 5.91 Å². The molecule has 0 saturated heterocycles. The van der Waals surface area contributed by atoms with E-state index in [9.17, 15) is 4.79 Å². The molecule has 2 rings (SSSR count). The fourth-order valence-electron chi connectivity index (χ4n) is 2.89. The van der Waals surface area contributed by atoms with Gasteiger partial charge < -0.3 is 10.1 Å². The molecule has 21 heavy (non-hydrogen) atoms. The maximum Gasteiger partial charge on any atom is 0.244 e. The van der Waals surface area contributed by atoms with Crippen LogP contribution in [-0.2, 0) is 4.79 Å². The molecule has 1 aliphatic rings. The molecule has 0 aromatic heterocycles. The van der Waals surface area contributed by atoms with Crippen molar-refractivity contribution in [1.29, 1.82) is 0 Å². The van der Waals surface area contributed by atoms with Crippen molar-refractivity contribution in [3.05, 3.63) is 35.9 Å². The minimum absolute atomic E-state index is 0.00189. The largest absolute Gasteiger partial charge is 0.496 e. The van der Waals surface area contributed by atoms with Crippen molar-refractivity contribution in [3.63, 3.8) is 0 Å². The van der Waals surface area contributed by atoms with E-state index in [4.69, 9.17) is 4.74 Å². The van der Waals surface area contributed by atoms with E-state index in [0.717, 1.165) is 35.6 Å². The van der Waals surface area contributed by atoms with Gasteiger partial charge in [-0.2, -0.15) is 0 Å². The lowest BCUT2D eigenvalue weighted by Crippen LogP contribution is -2.36. The first-order chi connectivity index (χ1) is 10.1. The standard InChI is InChI=1S/C18H25NO2/c1-13-8-10-15(11-9-13)19-18(20)12-14(2)16-6-4-5-7-17(16)21-3/h4-7,12-13,15H,8-11H2,1-3H3,(H,19,20). The zero-order valence-corrected chi connectivity index (χ0v) is 13.2. The summed E-state index contributed by atoms with van der Waals surface area (Å²) >= 11 is 0. The third-order valence-corrected chi connectivity index (χ3v) is 4.24. The molecule has 114 valence electrons. The highest BCUT2D eigenvalue weighted by molar-refractivity contribution is 5.95. The molecule has 1 saturated carbocycles. The molecule has 1 N–H and O–H groups in total. The van der Waals surface area contributed by atoms with Crippen LogP contribution in [0.3, 0.4) is 0 Å². The summed E-state index contributed by atoms with van der Waals surface area (Å²) in [6, 6.07) is 8.09. The number of amides is 1. The number of ether oxygens (including phenoxy) is 1. The van der Waals surface area contributed by atoms with Crippen LogP contribution >= 0.6 is 0 Å². The average Bonchev–Trinajstić information content (AvgIpc) is 2.49. The molecule has 1 amide bonds. The lowest BCUT2D eigenvalue weighted by atomic mass is 9.87. The molecule has 0 atom stereocenters. The van der Waals surface area contributed by atoms with Crippen LogP contribution in [0.1, 0.15) is 45.1 Å². The van der Waals surface area contributed by atoms with Crippen molar-refractivity contribution in [2.75, 3.05) is 7.11 Å². The van der Waals surface area contributed by atoms with Gasteiger partial charge in [-0.1, -0.05) is 25.1 Å². The van der Waals surface area contributed by atoms with Crippen LogP contribution in [0.2, 0.25) is 0 Å². The van der Waals surface area contributed by atoms with E-state index in [1.54, 1.807) is 13.2 Å². The number of para-hydroxylation sites is 1. The van der Waals surface area contributed by atoms with Crippen LogP contribution in [0.25, 0.3) is 5.57 Å². The van der Waals surface area contributed by atoms with Gasteiger partial charge >= 0.3 is 0 Å². The van der Waals surface area contributed by atoms with Gasteiger partial charge in [-0.3, -0.25) is 4.79 Å². The first-order valence-electron chi connectivity index (χ1n) is 7.72. The Morgan fingerprint density at radius 1 is 1.24 bits per heavy atom. The number of hydrogen-bond acceptors (Lipinski definition) is 2. The van der Waals surface area contributed by atoms with Gasteiger partial charge in [0.05, 0.1) is 7.11 Å². The zero-order valence-electron chi connectivity index (χ0n) is 13.2. The Bertz CT molecular complexity index is 514. The first kappa shape index (κ1) is 15.6. The molecule has 1 aromatic carbocycles. The van der Waals surface area contributed by atoms with Gasteiger partial charge in [-0.25, -0.2) is 0 Å². The molecular weight excluding hydrogens is 262 g/mol. The van der Waals surface area contributed by atoms with Crippen LogP contribution in [-0.4, -0.2) is 19.1 Å². The molecule has 0 heterocycles. The topological polar surface area (TPSA) is 38.3 Å². The summed E-state index contributed by atoms with van der Waals surface area (Å²) < 4.78 is 5.34. The maximum absolute atomic E-state index is 12.1. The summed E-state index contributed by atoms with van der Waals surface area (Å²) in [7, 11) is 1.65. The van der Waals surface area contributed by atoms with Crippen molar-refractivity contribution in [3.8, 4) is 5.75 Å². The average molecular weight is 287 g/mol. The van der Waals surface area contributed by atoms with Crippen molar-refractivity contribution in [1.82, 2.24) is 5.32 Å². The minimum Gasteiger partial charge on any atom is -0.496 e. The quantitative estimate of drug-likeness (QED) is 0.856. The molecule has 1 fully saturated rings. The number of methoxy groups -OCH3 is 1. The Morgan fingerprint density at radius 2 is 1.90 bits per heavy atom. The summed E-state index contributed by atoms with van der Waals surface area (Å²) in [6.45, 7) is 4.23. The zero-order chi connectivity index (χ0) is 15.2. The lowest BCUT2D eigenvalue weighted by Gasteiger charge is -2.26. The molecule has 0 bridgehead atoms. The third kappa shape index (κ3) is 4.35. The Balaban J connectivity index is 1.99. The number of carbonyl (C=O) groups excluding carboxylic acids is 1. The summed E-state index contributed by atoms with van der Waals surface area (Å²) in [4.78, 5) is 12.1. The first-order valence-corrected chi connectivity index (χ1v) is 7.72. The summed E-state index contributed by atoms with van der Waals surface area (Å²) in [6.07, 6.45) is 6.28. The van der Waals surface area contributed by atoms with Gasteiger partial charge in [0.25, 0.3) is 0 Å². The van der Waals surface area contributed by atoms with Crippen LogP contribution in [0.4, 0.5) is 0 Å². The molecule has 0 aliphatic heterocycles. The molecule has 1 aromatic rings. The predicted octanol–water partition coefficient (Wildman–Crippen LogP) is 3.79. The van der Waals surface area contributed by atoms with Crippen LogP contribution < -0.4 is 10.1 Å². The molecule has 0 spiro atoms.